The van der Waals surface area contributed by atoms with Gasteiger partial charge in [0.2, 0.25) is 0 Å². The first-order valence-corrected chi connectivity index (χ1v) is 10.1. The summed E-state index contributed by atoms with van der Waals surface area (Å²) in [6.07, 6.45) is 2.19. The molecule has 1 fully saturated rings. The predicted octanol–water partition coefficient (Wildman–Crippen LogP) is 2.74. The molecule has 2 aliphatic rings. The first kappa shape index (κ1) is 19.7. The summed E-state index contributed by atoms with van der Waals surface area (Å²) in [7, 11) is 0. The second kappa shape index (κ2) is 8.43. The molecule has 0 spiro atoms. The van der Waals surface area contributed by atoms with E-state index >= 15 is 0 Å². The summed E-state index contributed by atoms with van der Waals surface area (Å²) in [5, 5.41) is 10.5. The Hall–Kier alpha value is -2.57. The Kier molecular flexibility index (Phi) is 5.74. The highest BCUT2D eigenvalue weighted by Crippen LogP contribution is 2.24. The molecule has 5 nitrogen and oxygen atoms in total. The number of imide groups is 1. The molecule has 2 aromatic carbocycles. The number of carbonyl (C=O) groups excluding carboxylic acids is 2. The van der Waals surface area contributed by atoms with E-state index in [1.165, 1.54) is 12.1 Å². The van der Waals surface area contributed by atoms with Gasteiger partial charge >= 0.3 is 0 Å². The average molecular weight is 396 g/mol. The van der Waals surface area contributed by atoms with E-state index < -0.39 is 6.10 Å². The lowest BCUT2D eigenvalue weighted by atomic mass is 9.90. The summed E-state index contributed by atoms with van der Waals surface area (Å²) in [6, 6.07) is 13.4. The molecule has 0 bridgehead atoms. The minimum atomic E-state index is -0.772. The number of piperidine rings is 1. The van der Waals surface area contributed by atoms with Crippen LogP contribution in [0.25, 0.3) is 0 Å². The number of benzene rings is 2. The van der Waals surface area contributed by atoms with Crippen molar-refractivity contribution in [2.75, 3.05) is 26.2 Å². The minimum Gasteiger partial charge on any atom is -0.390 e. The maximum Gasteiger partial charge on any atom is 0.261 e. The Labute approximate surface area is 169 Å². The highest BCUT2D eigenvalue weighted by molar-refractivity contribution is 6.21. The zero-order chi connectivity index (χ0) is 20.4. The number of rotatable bonds is 6. The van der Waals surface area contributed by atoms with Gasteiger partial charge in [-0.15, -0.1) is 0 Å². The van der Waals surface area contributed by atoms with Crippen molar-refractivity contribution in [2.24, 2.45) is 5.92 Å². The van der Waals surface area contributed by atoms with Crippen LogP contribution in [0.1, 0.15) is 39.1 Å². The second-order valence-corrected chi connectivity index (χ2v) is 7.99. The van der Waals surface area contributed by atoms with Gasteiger partial charge in [-0.1, -0.05) is 24.3 Å². The van der Waals surface area contributed by atoms with Crippen molar-refractivity contribution in [3.63, 3.8) is 0 Å². The smallest absolute Gasteiger partial charge is 0.261 e. The summed E-state index contributed by atoms with van der Waals surface area (Å²) < 4.78 is 13.0. The fraction of sp³-hybridized carbons (Fsp3) is 0.391. The van der Waals surface area contributed by atoms with E-state index in [1.807, 2.05) is 12.1 Å². The normalized spacial score (nSPS) is 18.9. The van der Waals surface area contributed by atoms with Gasteiger partial charge < -0.3 is 10.0 Å². The third-order valence-electron chi connectivity index (χ3n) is 5.89. The van der Waals surface area contributed by atoms with Crippen molar-refractivity contribution >= 4 is 11.8 Å². The molecule has 0 saturated carbocycles. The van der Waals surface area contributed by atoms with Gasteiger partial charge in [0.15, 0.2) is 0 Å². The van der Waals surface area contributed by atoms with Crippen LogP contribution in [0.15, 0.2) is 48.5 Å². The first-order chi connectivity index (χ1) is 14.0. The molecule has 1 N–H and O–H groups in total. The van der Waals surface area contributed by atoms with Crippen LogP contribution in [0.4, 0.5) is 4.39 Å². The van der Waals surface area contributed by atoms with Crippen molar-refractivity contribution in [1.82, 2.24) is 9.80 Å². The van der Waals surface area contributed by atoms with Gasteiger partial charge in [-0.2, -0.15) is 0 Å². The van der Waals surface area contributed by atoms with E-state index in [0.717, 1.165) is 42.8 Å². The van der Waals surface area contributed by atoms with E-state index in [-0.39, 0.29) is 24.2 Å². The number of aliphatic hydroxyl groups is 1. The number of fused-ring (bicyclic) bond motifs is 1. The van der Waals surface area contributed by atoms with Crippen LogP contribution in [0.2, 0.25) is 0 Å². The van der Waals surface area contributed by atoms with Crippen molar-refractivity contribution in [2.45, 2.75) is 25.4 Å². The fourth-order valence-corrected chi connectivity index (χ4v) is 4.30. The van der Waals surface area contributed by atoms with Crippen molar-refractivity contribution in [3.8, 4) is 0 Å². The lowest BCUT2D eigenvalue weighted by molar-refractivity contribution is 0.0435. The standard InChI is InChI=1S/C23H25FN2O3/c24-18-7-5-16(6-8-18)13-17-9-11-25(12-10-17)14-19(27)15-26-22(28)20-3-1-2-4-21(20)23(26)29/h1-8,17,19,27H,9-15H2. The average Bonchev–Trinajstić information content (AvgIpc) is 2.96. The van der Waals surface area contributed by atoms with Gasteiger partial charge in [-0.25, -0.2) is 4.39 Å². The number of halogens is 1. The minimum absolute atomic E-state index is 0.0157. The third kappa shape index (κ3) is 4.38. The molecule has 152 valence electrons. The Morgan fingerprint density at radius 1 is 0.931 bits per heavy atom. The van der Waals surface area contributed by atoms with Crippen LogP contribution in [-0.4, -0.2) is 59.0 Å². The molecule has 1 atom stereocenters. The van der Waals surface area contributed by atoms with Crippen LogP contribution >= 0.6 is 0 Å². The molecule has 2 amide bonds. The van der Waals surface area contributed by atoms with Gasteiger partial charge in [-0.3, -0.25) is 14.5 Å². The van der Waals surface area contributed by atoms with Gasteiger partial charge in [0.25, 0.3) is 11.8 Å². The van der Waals surface area contributed by atoms with E-state index in [9.17, 15) is 19.1 Å². The number of hydrogen-bond acceptors (Lipinski definition) is 4. The molecule has 0 aliphatic carbocycles. The van der Waals surface area contributed by atoms with Crippen molar-refractivity contribution in [3.05, 3.63) is 71.0 Å². The summed E-state index contributed by atoms with van der Waals surface area (Å²) in [5.74, 6) is -0.328. The van der Waals surface area contributed by atoms with E-state index in [1.54, 1.807) is 24.3 Å². The Bertz CT molecular complexity index is 856. The van der Waals surface area contributed by atoms with Crippen LogP contribution in [0.5, 0.6) is 0 Å². The number of amides is 2. The van der Waals surface area contributed by atoms with Crippen molar-refractivity contribution in [1.29, 1.82) is 0 Å². The molecule has 2 aromatic rings. The highest BCUT2D eigenvalue weighted by atomic mass is 19.1. The molecule has 2 aliphatic heterocycles. The van der Waals surface area contributed by atoms with Gasteiger partial charge in [0, 0.05) is 6.54 Å². The molecule has 1 saturated heterocycles. The number of aliphatic hydroxyl groups excluding tert-OH is 1. The summed E-state index contributed by atoms with van der Waals surface area (Å²) >= 11 is 0. The molecule has 2 heterocycles. The summed E-state index contributed by atoms with van der Waals surface area (Å²) in [4.78, 5) is 28.2. The maximum atomic E-state index is 13.0. The quantitative estimate of drug-likeness (QED) is 0.763. The predicted molar refractivity (Wildman–Crippen MR) is 107 cm³/mol. The molecule has 1 unspecified atom stereocenters. The lowest BCUT2D eigenvalue weighted by Crippen LogP contribution is -2.44. The molecule has 29 heavy (non-hydrogen) atoms. The molecule has 4 rings (SSSR count). The Balaban J connectivity index is 1.25. The Morgan fingerprint density at radius 2 is 1.52 bits per heavy atom. The van der Waals surface area contributed by atoms with E-state index in [4.69, 9.17) is 0 Å². The van der Waals surface area contributed by atoms with Gasteiger partial charge in [0.1, 0.15) is 5.82 Å². The molecular formula is C23H25FN2O3. The zero-order valence-electron chi connectivity index (χ0n) is 16.3. The number of β-amino-alcohol motifs (C(OH)–C–C–N with tert-alkyl or cyclic N) is 1. The SMILES string of the molecule is O=C1c2ccccc2C(=O)N1CC(O)CN1CCC(Cc2ccc(F)cc2)CC1. The number of carbonyl (C=O) groups is 2. The molecular weight excluding hydrogens is 371 g/mol. The molecule has 0 radical (unpaired) electrons. The lowest BCUT2D eigenvalue weighted by Gasteiger charge is -2.33. The monoisotopic (exact) mass is 396 g/mol. The highest BCUT2D eigenvalue weighted by Gasteiger charge is 2.36. The largest absolute Gasteiger partial charge is 0.390 e. The van der Waals surface area contributed by atoms with Crippen LogP contribution in [-0.2, 0) is 6.42 Å². The fourth-order valence-electron chi connectivity index (χ4n) is 4.30. The number of nitrogens with zero attached hydrogens (tertiary/aromatic N) is 2. The number of likely N-dealkylation sites (tertiary alicyclic amines) is 1. The van der Waals surface area contributed by atoms with Gasteiger partial charge in [-0.05, 0) is 68.1 Å². The maximum absolute atomic E-state index is 13.0. The van der Waals surface area contributed by atoms with E-state index in [2.05, 4.69) is 4.90 Å². The Morgan fingerprint density at radius 3 is 2.10 bits per heavy atom. The molecule has 0 aromatic heterocycles. The van der Waals surface area contributed by atoms with Crippen molar-refractivity contribution < 1.29 is 19.1 Å². The van der Waals surface area contributed by atoms with Crippen LogP contribution in [0, 0.1) is 11.7 Å². The summed E-state index contributed by atoms with van der Waals surface area (Å²) in [6.45, 7) is 2.19. The number of hydrogen-bond donors (Lipinski definition) is 1. The van der Waals surface area contributed by atoms with Crippen LogP contribution in [0.3, 0.4) is 0 Å². The topological polar surface area (TPSA) is 60.9 Å². The zero-order valence-corrected chi connectivity index (χ0v) is 16.3. The van der Waals surface area contributed by atoms with E-state index in [0.29, 0.717) is 23.6 Å². The first-order valence-electron chi connectivity index (χ1n) is 10.1. The van der Waals surface area contributed by atoms with Crippen LogP contribution < -0.4 is 0 Å². The summed E-state index contributed by atoms with van der Waals surface area (Å²) in [5.41, 5.74) is 1.97. The molecule has 6 heteroatoms. The second-order valence-electron chi connectivity index (χ2n) is 7.99. The van der Waals surface area contributed by atoms with Gasteiger partial charge in [0.05, 0.1) is 23.8 Å². The third-order valence-corrected chi connectivity index (χ3v) is 5.89.